The highest BCUT2D eigenvalue weighted by Gasteiger charge is 2.14. The highest BCUT2D eigenvalue weighted by atomic mass is 79.9. The van der Waals surface area contributed by atoms with Crippen LogP contribution >= 0.6 is 39.1 Å². The van der Waals surface area contributed by atoms with Crippen LogP contribution in [0.4, 0.5) is 0 Å². The largest absolute Gasteiger partial charge is 0.493 e. The van der Waals surface area contributed by atoms with Crippen molar-refractivity contribution in [2.75, 3.05) is 20.8 Å². The number of carbonyl (C=O) groups is 1. The summed E-state index contributed by atoms with van der Waals surface area (Å²) in [5, 5.41) is 5.11. The number of nitrogens with one attached hydrogen (secondary N) is 1. The second kappa shape index (κ2) is 12.7. The molecular formula is C25H23BrCl2N2O5. The van der Waals surface area contributed by atoms with E-state index >= 15 is 0 Å². The number of benzene rings is 3. The van der Waals surface area contributed by atoms with Gasteiger partial charge in [-0.3, -0.25) is 4.79 Å². The molecule has 0 aromatic heterocycles. The van der Waals surface area contributed by atoms with Crippen molar-refractivity contribution in [1.29, 1.82) is 0 Å². The van der Waals surface area contributed by atoms with Crippen LogP contribution in [0.15, 0.2) is 58.1 Å². The number of hydrogen-bond donors (Lipinski definition) is 1. The molecule has 3 aromatic rings. The second-order valence-corrected chi connectivity index (χ2v) is 8.75. The van der Waals surface area contributed by atoms with Crippen LogP contribution in [0.1, 0.15) is 28.4 Å². The van der Waals surface area contributed by atoms with Crippen LogP contribution in [-0.2, 0) is 6.61 Å². The van der Waals surface area contributed by atoms with Gasteiger partial charge in [0.15, 0.2) is 23.0 Å². The molecule has 184 valence electrons. The summed E-state index contributed by atoms with van der Waals surface area (Å²) in [5.74, 6) is 1.62. The molecule has 1 N–H and O–H groups in total. The summed E-state index contributed by atoms with van der Waals surface area (Å²) in [6.07, 6.45) is 1.50. The van der Waals surface area contributed by atoms with E-state index in [2.05, 4.69) is 26.5 Å². The van der Waals surface area contributed by atoms with Gasteiger partial charge in [0, 0.05) is 21.2 Å². The summed E-state index contributed by atoms with van der Waals surface area (Å²) >= 11 is 15.7. The van der Waals surface area contributed by atoms with E-state index in [1.165, 1.54) is 20.4 Å². The van der Waals surface area contributed by atoms with Crippen molar-refractivity contribution in [2.24, 2.45) is 5.10 Å². The molecule has 0 saturated carbocycles. The van der Waals surface area contributed by atoms with Crippen molar-refractivity contribution >= 4 is 51.3 Å². The fourth-order valence-electron chi connectivity index (χ4n) is 3.06. The van der Waals surface area contributed by atoms with E-state index in [0.717, 1.165) is 5.56 Å². The first-order valence-electron chi connectivity index (χ1n) is 10.4. The predicted octanol–water partition coefficient (Wildman–Crippen LogP) is 6.51. The van der Waals surface area contributed by atoms with Crippen molar-refractivity contribution in [3.63, 3.8) is 0 Å². The Hall–Kier alpha value is -2.94. The van der Waals surface area contributed by atoms with Gasteiger partial charge in [0.25, 0.3) is 5.91 Å². The van der Waals surface area contributed by atoms with E-state index < -0.39 is 5.91 Å². The van der Waals surface area contributed by atoms with E-state index in [1.807, 2.05) is 6.92 Å². The van der Waals surface area contributed by atoms with Gasteiger partial charge in [-0.2, -0.15) is 5.10 Å². The summed E-state index contributed by atoms with van der Waals surface area (Å²) in [6, 6.07) is 13.6. The number of hydrogen-bond acceptors (Lipinski definition) is 6. The Morgan fingerprint density at radius 3 is 2.46 bits per heavy atom. The van der Waals surface area contributed by atoms with Crippen LogP contribution < -0.4 is 24.4 Å². The lowest BCUT2D eigenvalue weighted by Crippen LogP contribution is -2.17. The Kier molecular flexibility index (Phi) is 9.65. The number of ether oxygens (including phenoxy) is 4. The van der Waals surface area contributed by atoms with Crippen molar-refractivity contribution in [2.45, 2.75) is 13.5 Å². The molecule has 0 saturated heterocycles. The zero-order valence-corrected chi connectivity index (χ0v) is 22.3. The smallest absolute Gasteiger partial charge is 0.271 e. The Morgan fingerprint density at radius 1 is 1.00 bits per heavy atom. The maximum atomic E-state index is 12.5. The average Bonchev–Trinajstić information content (AvgIpc) is 2.84. The lowest BCUT2D eigenvalue weighted by atomic mass is 10.2. The number of rotatable bonds is 10. The van der Waals surface area contributed by atoms with E-state index in [0.29, 0.717) is 55.2 Å². The molecule has 0 heterocycles. The third kappa shape index (κ3) is 7.04. The molecule has 1 amide bonds. The van der Waals surface area contributed by atoms with Crippen molar-refractivity contribution in [3.05, 3.63) is 79.7 Å². The Labute approximate surface area is 222 Å². The van der Waals surface area contributed by atoms with Gasteiger partial charge in [-0.1, -0.05) is 29.3 Å². The van der Waals surface area contributed by atoms with Gasteiger partial charge >= 0.3 is 0 Å². The lowest BCUT2D eigenvalue weighted by Gasteiger charge is -2.14. The molecule has 0 spiro atoms. The summed E-state index contributed by atoms with van der Waals surface area (Å²) in [6.45, 7) is 2.52. The lowest BCUT2D eigenvalue weighted by molar-refractivity contribution is 0.0954. The maximum absolute atomic E-state index is 12.5. The second-order valence-electron chi connectivity index (χ2n) is 7.06. The fourth-order valence-corrected chi connectivity index (χ4v) is 4.10. The summed E-state index contributed by atoms with van der Waals surface area (Å²) in [4.78, 5) is 12.5. The normalized spacial score (nSPS) is 10.8. The molecule has 3 aromatic carbocycles. The standard InChI is InChI=1S/C25H23BrCl2N2O5/c1-4-34-22-11-16(6-8-21(22)32-2)25(31)30-29-13-15-9-19(26)24(23(10-15)33-3)35-14-17-5-7-18(27)12-20(17)28/h5-13H,4,14H2,1-3H3,(H,30,31)/b29-13+. The number of carbonyl (C=O) groups excluding carboxylic acids is 1. The monoisotopic (exact) mass is 580 g/mol. The van der Waals surface area contributed by atoms with E-state index in [1.54, 1.807) is 48.5 Å². The fraction of sp³-hybridized carbons (Fsp3) is 0.200. The van der Waals surface area contributed by atoms with Gasteiger partial charge in [-0.05, 0) is 70.9 Å². The molecule has 0 atom stereocenters. The maximum Gasteiger partial charge on any atom is 0.271 e. The Morgan fingerprint density at radius 2 is 1.77 bits per heavy atom. The minimum absolute atomic E-state index is 0.222. The zero-order valence-electron chi connectivity index (χ0n) is 19.2. The highest BCUT2D eigenvalue weighted by Crippen LogP contribution is 2.37. The first-order chi connectivity index (χ1) is 16.9. The van der Waals surface area contributed by atoms with Gasteiger partial charge in [0.1, 0.15) is 6.61 Å². The van der Waals surface area contributed by atoms with Crippen molar-refractivity contribution in [3.8, 4) is 23.0 Å². The first-order valence-corrected chi connectivity index (χ1v) is 12.0. The summed E-state index contributed by atoms with van der Waals surface area (Å²) < 4.78 is 22.8. The third-order valence-corrected chi connectivity index (χ3v) is 5.92. The Balaban J connectivity index is 1.70. The van der Waals surface area contributed by atoms with Crippen molar-refractivity contribution < 1.29 is 23.7 Å². The van der Waals surface area contributed by atoms with Crippen LogP contribution in [0.2, 0.25) is 10.0 Å². The number of amides is 1. The zero-order chi connectivity index (χ0) is 25.4. The quantitative estimate of drug-likeness (QED) is 0.218. The minimum atomic E-state index is -0.393. The van der Waals surface area contributed by atoms with Crippen LogP contribution in [0.25, 0.3) is 0 Å². The van der Waals surface area contributed by atoms with E-state index in [-0.39, 0.29) is 6.61 Å². The molecule has 0 aliphatic carbocycles. The first kappa shape index (κ1) is 26.7. The van der Waals surface area contributed by atoms with E-state index in [4.69, 9.17) is 42.1 Å². The SMILES string of the molecule is CCOc1cc(C(=O)N/N=C/c2cc(Br)c(OCc3ccc(Cl)cc3Cl)c(OC)c2)ccc1OC. The molecule has 0 radical (unpaired) electrons. The predicted molar refractivity (Wildman–Crippen MR) is 141 cm³/mol. The van der Waals surface area contributed by atoms with Crippen LogP contribution in [-0.4, -0.2) is 32.9 Å². The molecule has 0 aliphatic heterocycles. The number of nitrogens with zero attached hydrogens (tertiary/aromatic N) is 1. The third-order valence-electron chi connectivity index (χ3n) is 4.74. The molecule has 0 aliphatic rings. The van der Waals surface area contributed by atoms with Gasteiger partial charge in [-0.15, -0.1) is 0 Å². The highest BCUT2D eigenvalue weighted by molar-refractivity contribution is 9.10. The minimum Gasteiger partial charge on any atom is -0.493 e. The van der Waals surface area contributed by atoms with Crippen LogP contribution in [0, 0.1) is 0 Å². The number of methoxy groups -OCH3 is 2. The molecule has 0 bridgehead atoms. The molecule has 0 fully saturated rings. The van der Waals surface area contributed by atoms with Gasteiger partial charge in [0.2, 0.25) is 0 Å². The molecule has 0 unspecified atom stereocenters. The van der Waals surface area contributed by atoms with E-state index in [9.17, 15) is 4.79 Å². The molecule has 35 heavy (non-hydrogen) atoms. The summed E-state index contributed by atoms with van der Waals surface area (Å²) in [5.41, 5.74) is 4.35. The number of hydrazone groups is 1. The van der Waals surface area contributed by atoms with Crippen molar-refractivity contribution in [1.82, 2.24) is 5.43 Å². The topological polar surface area (TPSA) is 78.4 Å². The summed E-state index contributed by atoms with van der Waals surface area (Å²) in [7, 11) is 3.07. The average molecular weight is 582 g/mol. The molecular weight excluding hydrogens is 559 g/mol. The van der Waals surface area contributed by atoms with Crippen LogP contribution in [0.3, 0.4) is 0 Å². The molecule has 3 rings (SSSR count). The van der Waals surface area contributed by atoms with Gasteiger partial charge in [0.05, 0.1) is 31.5 Å². The molecule has 10 heteroatoms. The Bertz CT molecular complexity index is 1240. The van der Waals surface area contributed by atoms with Crippen LogP contribution in [0.5, 0.6) is 23.0 Å². The number of halogens is 3. The van der Waals surface area contributed by atoms with Gasteiger partial charge < -0.3 is 18.9 Å². The molecule has 7 nitrogen and oxygen atoms in total. The van der Waals surface area contributed by atoms with Gasteiger partial charge in [-0.25, -0.2) is 5.43 Å².